The first-order valence-electron chi connectivity index (χ1n) is 4.07. The maximum atomic E-state index is 11.4. The highest BCUT2D eigenvalue weighted by Crippen LogP contribution is 2.21. The van der Waals surface area contributed by atoms with E-state index in [9.17, 15) is 4.79 Å². The molecule has 0 fully saturated rings. The molecule has 0 aromatic heterocycles. The minimum absolute atomic E-state index is 0.280. The van der Waals surface area contributed by atoms with Crippen molar-refractivity contribution < 1.29 is 4.79 Å². The van der Waals surface area contributed by atoms with Crippen LogP contribution in [0.2, 0.25) is 0 Å². The van der Waals surface area contributed by atoms with Crippen LogP contribution in [0.15, 0.2) is 12.7 Å². The molecule has 64 valence electrons. The molecule has 1 nitrogen and oxygen atoms in total. The number of carbonyl (C=O) groups is 1. The Balaban J connectivity index is 4.13. The molecule has 0 aliphatic carbocycles. The molecule has 0 unspecified atom stereocenters. The first-order valence-corrected chi connectivity index (χ1v) is 4.07. The molecule has 0 heterocycles. The van der Waals surface area contributed by atoms with E-state index >= 15 is 0 Å². The minimum Gasteiger partial charge on any atom is -0.299 e. The van der Waals surface area contributed by atoms with Gasteiger partial charge in [0.25, 0.3) is 0 Å². The molecule has 11 heavy (non-hydrogen) atoms. The summed E-state index contributed by atoms with van der Waals surface area (Å²) in [6.07, 6.45) is 2.37. The lowest BCUT2D eigenvalue weighted by atomic mass is 9.84. The molecule has 0 atom stereocenters. The lowest BCUT2D eigenvalue weighted by Crippen LogP contribution is -2.22. The monoisotopic (exact) mass is 154 g/mol. The van der Waals surface area contributed by atoms with Crippen molar-refractivity contribution in [1.82, 2.24) is 0 Å². The van der Waals surface area contributed by atoms with Gasteiger partial charge in [-0.3, -0.25) is 4.79 Å². The van der Waals surface area contributed by atoms with Gasteiger partial charge in [-0.05, 0) is 19.8 Å². The Kier molecular flexibility index (Phi) is 3.50. The van der Waals surface area contributed by atoms with Gasteiger partial charge in [0.15, 0.2) is 0 Å². The summed E-state index contributed by atoms with van der Waals surface area (Å²) in [7, 11) is 0. The largest absolute Gasteiger partial charge is 0.299 e. The topological polar surface area (TPSA) is 17.1 Å². The second-order valence-electron chi connectivity index (χ2n) is 3.95. The average molecular weight is 154 g/mol. The Labute approximate surface area is 69.5 Å². The van der Waals surface area contributed by atoms with Gasteiger partial charge in [0.05, 0.1) is 0 Å². The van der Waals surface area contributed by atoms with Crippen molar-refractivity contribution in [2.24, 2.45) is 11.3 Å². The van der Waals surface area contributed by atoms with E-state index in [1.165, 1.54) is 0 Å². The summed E-state index contributed by atoms with van der Waals surface area (Å²) in [5.41, 5.74) is -0.343. The van der Waals surface area contributed by atoms with Crippen LogP contribution < -0.4 is 0 Å². The van der Waals surface area contributed by atoms with E-state index in [0.29, 0.717) is 12.3 Å². The Bertz CT molecular complexity index is 154. The van der Waals surface area contributed by atoms with Gasteiger partial charge in [-0.2, -0.15) is 0 Å². The third-order valence-electron chi connectivity index (χ3n) is 1.82. The molecule has 0 bridgehead atoms. The maximum absolute atomic E-state index is 11.4. The van der Waals surface area contributed by atoms with Crippen LogP contribution in [0.5, 0.6) is 0 Å². The van der Waals surface area contributed by atoms with Gasteiger partial charge in [0, 0.05) is 11.8 Å². The SMILES string of the molecule is C=CC(C)(C)C(=O)CC(C)C. The first kappa shape index (κ1) is 10.4. The Hall–Kier alpha value is -0.590. The van der Waals surface area contributed by atoms with Crippen molar-refractivity contribution in [3.8, 4) is 0 Å². The minimum atomic E-state index is -0.343. The molecular formula is C10H18O. The summed E-state index contributed by atoms with van der Waals surface area (Å²) in [6.45, 7) is 11.6. The van der Waals surface area contributed by atoms with Gasteiger partial charge in [0.2, 0.25) is 0 Å². The zero-order chi connectivity index (χ0) is 9.07. The van der Waals surface area contributed by atoms with Crippen LogP contribution >= 0.6 is 0 Å². The summed E-state index contributed by atoms with van der Waals surface area (Å²) in [4.78, 5) is 11.4. The van der Waals surface area contributed by atoms with E-state index < -0.39 is 0 Å². The van der Waals surface area contributed by atoms with Gasteiger partial charge in [0.1, 0.15) is 5.78 Å². The second-order valence-corrected chi connectivity index (χ2v) is 3.95. The highest BCUT2D eigenvalue weighted by atomic mass is 16.1. The number of rotatable bonds is 4. The molecule has 0 radical (unpaired) electrons. The number of ketones is 1. The summed E-state index contributed by atoms with van der Waals surface area (Å²) >= 11 is 0. The van der Waals surface area contributed by atoms with E-state index in [0.717, 1.165) is 0 Å². The van der Waals surface area contributed by atoms with Crippen LogP contribution in [-0.4, -0.2) is 5.78 Å². The number of carbonyl (C=O) groups excluding carboxylic acids is 1. The van der Waals surface area contributed by atoms with Crippen molar-refractivity contribution in [1.29, 1.82) is 0 Å². The normalized spacial score (nSPS) is 11.7. The fraction of sp³-hybridized carbons (Fsp3) is 0.700. The van der Waals surface area contributed by atoms with E-state index in [-0.39, 0.29) is 11.2 Å². The predicted molar refractivity (Wildman–Crippen MR) is 48.4 cm³/mol. The molecule has 0 amide bonds. The Morgan fingerprint density at radius 2 is 2.00 bits per heavy atom. The number of Topliss-reactive ketones (excluding diaryl/α,β-unsaturated/α-hetero) is 1. The molecule has 0 aliphatic heterocycles. The van der Waals surface area contributed by atoms with Crippen molar-refractivity contribution in [2.75, 3.05) is 0 Å². The van der Waals surface area contributed by atoms with Gasteiger partial charge in [-0.1, -0.05) is 19.9 Å². The van der Waals surface area contributed by atoms with Crippen molar-refractivity contribution in [3.63, 3.8) is 0 Å². The third-order valence-corrected chi connectivity index (χ3v) is 1.82. The number of hydrogen-bond acceptors (Lipinski definition) is 1. The molecule has 0 spiro atoms. The molecule has 0 N–H and O–H groups in total. The summed E-state index contributed by atoms with van der Waals surface area (Å²) in [5.74, 6) is 0.726. The third kappa shape index (κ3) is 3.35. The quantitative estimate of drug-likeness (QED) is 0.569. The van der Waals surface area contributed by atoms with Crippen LogP contribution in [-0.2, 0) is 4.79 Å². The lowest BCUT2D eigenvalue weighted by molar-refractivity contribution is -0.125. The van der Waals surface area contributed by atoms with Crippen LogP contribution in [0.25, 0.3) is 0 Å². The van der Waals surface area contributed by atoms with Gasteiger partial charge in [-0.15, -0.1) is 6.58 Å². The summed E-state index contributed by atoms with van der Waals surface area (Å²) in [5, 5.41) is 0. The fourth-order valence-corrected chi connectivity index (χ4v) is 0.748. The van der Waals surface area contributed by atoms with Crippen LogP contribution in [0.4, 0.5) is 0 Å². The van der Waals surface area contributed by atoms with Gasteiger partial charge >= 0.3 is 0 Å². The van der Waals surface area contributed by atoms with Crippen LogP contribution in [0, 0.1) is 11.3 Å². The Morgan fingerprint density at radius 1 is 1.55 bits per heavy atom. The van der Waals surface area contributed by atoms with Gasteiger partial charge < -0.3 is 0 Å². The molecule has 0 aromatic carbocycles. The van der Waals surface area contributed by atoms with E-state index in [1.807, 2.05) is 13.8 Å². The molecule has 0 rings (SSSR count). The molecule has 0 saturated carbocycles. The van der Waals surface area contributed by atoms with Crippen molar-refractivity contribution in [3.05, 3.63) is 12.7 Å². The van der Waals surface area contributed by atoms with E-state index in [4.69, 9.17) is 0 Å². The average Bonchev–Trinajstić information content (AvgIpc) is 1.86. The lowest BCUT2D eigenvalue weighted by Gasteiger charge is -2.18. The maximum Gasteiger partial charge on any atom is 0.142 e. The van der Waals surface area contributed by atoms with Crippen molar-refractivity contribution >= 4 is 5.78 Å². The zero-order valence-corrected chi connectivity index (χ0v) is 7.98. The fourth-order valence-electron chi connectivity index (χ4n) is 0.748. The number of allylic oxidation sites excluding steroid dienone is 1. The van der Waals surface area contributed by atoms with E-state index in [2.05, 4.69) is 20.4 Å². The van der Waals surface area contributed by atoms with Gasteiger partial charge in [-0.25, -0.2) is 0 Å². The summed E-state index contributed by atoms with van der Waals surface area (Å²) < 4.78 is 0. The zero-order valence-electron chi connectivity index (χ0n) is 7.98. The Morgan fingerprint density at radius 3 is 2.27 bits per heavy atom. The van der Waals surface area contributed by atoms with E-state index in [1.54, 1.807) is 6.08 Å². The molecule has 0 aliphatic rings. The highest BCUT2D eigenvalue weighted by molar-refractivity contribution is 5.85. The highest BCUT2D eigenvalue weighted by Gasteiger charge is 2.23. The first-order chi connectivity index (χ1) is 4.90. The standard InChI is InChI=1S/C10H18O/c1-6-10(4,5)9(11)7-8(2)3/h6,8H,1,7H2,2-5H3. The predicted octanol–water partition coefficient (Wildman–Crippen LogP) is 2.81. The molecule has 0 saturated heterocycles. The molecule has 1 heteroatoms. The second kappa shape index (κ2) is 3.70. The van der Waals surface area contributed by atoms with Crippen molar-refractivity contribution in [2.45, 2.75) is 34.1 Å². The van der Waals surface area contributed by atoms with Crippen LogP contribution in [0.1, 0.15) is 34.1 Å². The molecular weight excluding hydrogens is 136 g/mol. The van der Waals surface area contributed by atoms with Crippen LogP contribution in [0.3, 0.4) is 0 Å². The smallest absolute Gasteiger partial charge is 0.142 e. The molecule has 0 aromatic rings. The number of hydrogen-bond donors (Lipinski definition) is 0. The summed E-state index contributed by atoms with van der Waals surface area (Å²) in [6, 6.07) is 0.